The topological polar surface area (TPSA) is 41.6 Å². The minimum atomic E-state index is -0.273. The van der Waals surface area contributed by atoms with Crippen LogP contribution in [0.25, 0.3) is 11.4 Å². The van der Waals surface area contributed by atoms with Gasteiger partial charge in [-0.2, -0.15) is 0 Å². The molecule has 0 amide bonds. The maximum Gasteiger partial charge on any atom is 0.161 e. The molecule has 1 N–H and O–H groups in total. The Labute approximate surface area is 146 Å². The first kappa shape index (κ1) is 15.6. The third-order valence-electron chi connectivity index (χ3n) is 4.58. The maximum atomic E-state index is 13.2. The van der Waals surface area contributed by atoms with Crippen LogP contribution < -0.4 is 0 Å². The van der Waals surface area contributed by atoms with Gasteiger partial charge in [-0.25, -0.2) is 4.39 Å². The van der Waals surface area contributed by atoms with Gasteiger partial charge in [-0.05, 0) is 55.3 Å². The van der Waals surface area contributed by atoms with Gasteiger partial charge in [0.05, 0.1) is 0 Å². The number of aromatic amines is 1. The van der Waals surface area contributed by atoms with E-state index in [-0.39, 0.29) is 5.82 Å². The highest BCUT2D eigenvalue weighted by Crippen LogP contribution is 2.32. The van der Waals surface area contributed by atoms with Crippen molar-refractivity contribution in [1.29, 1.82) is 0 Å². The number of H-pyrrole nitrogens is 1. The average Bonchev–Trinajstić information content (AvgIpc) is 3.32. The molecule has 4 rings (SSSR count). The van der Waals surface area contributed by atoms with Gasteiger partial charge in [0.15, 0.2) is 5.82 Å². The number of hydrogen-bond acceptors (Lipinski definition) is 2. The van der Waals surface area contributed by atoms with Gasteiger partial charge in [-0.1, -0.05) is 30.7 Å². The maximum absolute atomic E-state index is 13.2. The molecule has 1 aliphatic carbocycles. The van der Waals surface area contributed by atoms with E-state index in [1.807, 2.05) is 24.3 Å². The molecule has 3 nitrogen and oxygen atoms in total. The molecule has 1 fully saturated rings. The zero-order valence-corrected chi connectivity index (χ0v) is 13.8. The van der Waals surface area contributed by atoms with Crippen molar-refractivity contribution in [2.75, 3.05) is 0 Å². The van der Waals surface area contributed by atoms with Crippen molar-refractivity contribution in [3.05, 3.63) is 71.3 Å². The number of hydrogen-bond donors (Lipinski definition) is 1. The lowest BCUT2D eigenvalue weighted by Crippen LogP contribution is -1.94. The van der Waals surface area contributed by atoms with Crippen molar-refractivity contribution in [2.45, 2.75) is 31.6 Å². The van der Waals surface area contributed by atoms with E-state index < -0.39 is 0 Å². The highest BCUT2D eigenvalue weighted by atomic mass is 19.1. The van der Waals surface area contributed by atoms with Gasteiger partial charge >= 0.3 is 0 Å². The van der Waals surface area contributed by atoms with E-state index in [2.05, 4.69) is 27.0 Å². The van der Waals surface area contributed by atoms with Crippen LogP contribution >= 0.6 is 0 Å². The average molecular weight is 331 g/mol. The van der Waals surface area contributed by atoms with E-state index >= 15 is 0 Å². The fraction of sp³-hybridized carbons (Fsp3) is 0.238. The molecule has 124 valence electrons. The van der Waals surface area contributed by atoms with E-state index in [1.54, 1.807) is 12.1 Å². The van der Waals surface area contributed by atoms with Crippen LogP contribution in [0.15, 0.2) is 48.5 Å². The van der Waals surface area contributed by atoms with Gasteiger partial charge in [-0.15, -0.1) is 10.2 Å². The standard InChI is InChI=1S/C21H18FN3/c22-19-7-3-4-16(14-19)9-8-15-10-12-18(13-11-15)21-23-20(24-25-21)17-5-1-2-6-17/h3-4,7,10-14,17H,1-2,5-6H2,(H,23,24,25). The summed E-state index contributed by atoms with van der Waals surface area (Å²) in [6.07, 6.45) is 4.95. The fourth-order valence-electron chi connectivity index (χ4n) is 3.21. The van der Waals surface area contributed by atoms with Gasteiger partial charge < -0.3 is 4.98 Å². The molecule has 0 bridgehead atoms. The summed E-state index contributed by atoms with van der Waals surface area (Å²) in [5.41, 5.74) is 2.54. The Bertz CT molecular complexity index is 926. The molecule has 25 heavy (non-hydrogen) atoms. The van der Waals surface area contributed by atoms with E-state index in [0.29, 0.717) is 11.5 Å². The molecule has 0 aliphatic heterocycles. The molecule has 3 aromatic rings. The van der Waals surface area contributed by atoms with Gasteiger partial charge in [0.25, 0.3) is 0 Å². The van der Waals surface area contributed by atoms with E-state index in [4.69, 9.17) is 0 Å². The Morgan fingerprint density at radius 1 is 0.920 bits per heavy atom. The minimum Gasteiger partial charge on any atom is -0.325 e. The number of nitrogens with zero attached hydrogens (tertiary/aromatic N) is 2. The molecule has 0 atom stereocenters. The minimum absolute atomic E-state index is 0.273. The van der Waals surface area contributed by atoms with Gasteiger partial charge in [-0.3, -0.25) is 0 Å². The Morgan fingerprint density at radius 2 is 1.68 bits per heavy atom. The molecular weight excluding hydrogens is 313 g/mol. The van der Waals surface area contributed by atoms with Crippen molar-refractivity contribution in [3.8, 4) is 23.2 Å². The molecule has 2 aromatic carbocycles. The predicted octanol–water partition coefficient (Wildman–Crippen LogP) is 4.67. The number of benzene rings is 2. The van der Waals surface area contributed by atoms with Gasteiger partial charge in [0, 0.05) is 22.6 Å². The van der Waals surface area contributed by atoms with Crippen LogP contribution in [0, 0.1) is 17.7 Å². The molecule has 1 aliphatic rings. The largest absolute Gasteiger partial charge is 0.325 e. The number of nitrogens with one attached hydrogen (secondary N) is 1. The summed E-state index contributed by atoms with van der Waals surface area (Å²) in [6, 6.07) is 14.2. The van der Waals surface area contributed by atoms with Gasteiger partial charge in [0.1, 0.15) is 11.6 Å². The lowest BCUT2D eigenvalue weighted by Gasteiger charge is -2.02. The lowest BCUT2D eigenvalue weighted by molar-refractivity contribution is 0.627. The Hall–Kier alpha value is -2.93. The monoisotopic (exact) mass is 331 g/mol. The Balaban J connectivity index is 1.50. The summed E-state index contributed by atoms with van der Waals surface area (Å²) in [5, 5.41) is 8.59. The quantitative estimate of drug-likeness (QED) is 0.693. The molecule has 1 saturated carbocycles. The lowest BCUT2D eigenvalue weighted by atomic mass is 10.1. The fourth-order valence-corrected chi connectivity index (χ4v) is 3.21. The van der Waals surface area contributed by atoms with Crippen LogP contribution in [-0.4, -0.2) is 15.2 Å². The molecule has 4 heteroatoms. The second-order valence-corrected chi connectivity index (χ2v) is 6.38. The summed E-state index contributed by atoms with van der Waals surface area (Å²) in [6.45, 7) is 0. The van der Waals surface area contributed by atoms with Crippen molar-refractivity contribution >= 4 is 0 Å². The van der Waals surface area contributed by atoms with E-state index in [1.165, 1.54) is 37.8 Å². The van der Waals surface area contributed by atoms with Crippen molar-refractivity contribution in [1.82, 2.24) is 15.2 Å². The van der Waals surface area contributed by atoms with Crippen molar-refractivity contribution in [2.24, 2.45) is 0 Å². The summed E-state index contributed by atoms with van der Waals surface area (Å²) in [4.78, 5) is 3.36. The highest BCUT2D eigenvalue weighted by molar-refractivity contribution is 5.57. The molecule has 0 radical (unpaired) electrons. The molecule has 1 aromatic heterocycles. The summed E-state index contributed by atoms with van der Waals surface area (Å²) >= 11 is 0. The Kier molecular flexibility index (Phi) is 4.30. The van der Waals surface area contributed by atoms with E-state index in [0.717, 1.165) is 22.8 Å². The first-order valence-electron chi connectivity index (χ1n) is 8.58. The van der Waals surface area contributed by atoms with Crippen LogP contribution in [0.2, 0.25) is 0 Å². The second-order valence-electron chi connectivity index (χ2n) is 6.38. The molecule has 1 heterocycles. The number of rotatable bonds is 2. The third kappa shape index (κ3) is 3.61. The van der Waals surface area contributed by atoms with Gasteiger partial charge in [0.2, 0.25) is 0 Å². The van der Waals surface area contributed by atoms with E-state index in [9.17, 15) is 4.39 Å². The third-order valence-corrected chi connectivity index (χ3v) is 4.58. The molecular formula is C21H18FN3. The SMILES string of the molecule is Fc1cccc(C#Cc2ccc(-c3nnc(C4CCCC4)[nH]3)cc2)c1. The van der Waals surface area contributed by atoms with Crippen LogP contribution in [0.3, 0.4) is 0 Å². The van der Waals surface area contributed by atoms with Crippen molar-refractivity contribution in [3.63, 3.8) is 0 Å². The predicted molar refractivity (Wildman–Crippen MR) is 95.4 cm³/mol. The summed E-state index contributed by atoms with van der Waals surface area (Å²) in [7, 11) is 0. The number of aromatic nitrogens is 3. The second kappa shape index (κ2) is 6.90. The van der Waals surface area contributed by atoms with Crippen LogP contribution in [0.1, 0.15) is 48.6 Å². The summed E-state index contributed by atoms with van der Waals surface area (Å²) in [5.74, 6) is 8.08. The van der Waals surface area contributed by atoms with Crippen molar-refractivity contribution < 1.29 is 4.39 Å². The zero-order valence-electron chi connectivity index (χ0n) is 13.8. The molecule has 0 unspecified atom stereocenters. The number of halogens is 1. The Morgan fingerprint density at radius 3 is 2.44 bits per heavy atom. The smallest absolute Gasteiger partial charge is 0.161 e. The van der Waals surface area contributed by atoms with Crippen LogP contribution in [0.5, 0.6) is 0 Å². The van der Waals surface area contributed by atoms with Crippen LogP contribution in [0.4, 0.5) is 4.39 Å². The first-order chi connectivity index (χ1) is 12.3. The summed E-state index contributed by atoms with van der Waals surface area (Å²) < 4.78 is 13.2. The van der Waals surface area contributed by atoms with Crippen LogP contribution in [-0.2, 0) is 0 Å². The highest BCUT2D eigenvalue weighted by Gasteiger charge is 2.20. The molecule has 0 spiro atoms. The normalized spacial score (nSPS) is 14.3. The first-order valence-corrected chi connectivity index (χ1v) is 8.58. The molecule has 0 saturated heterocycles. The zero-order chi connectivity index (χ0) is 17.1.